The Bertz CT molecular complexity index is 686. The Morgan fingerprint density at radius 2 is 1.96 bits per heavy atom. The standard InChI is InChI=1S/C20H25N3O/c1-15-6-5-11-22-19(15)14-23(13-16-7-3-2-4-8-16)20(24)17-9-10-18(21)12-17/h2-8,11,17-18H,9-10,12-14,21H2,1H3/t17-,18+/m1/s1. The van der Waals surface area contributed by atoms with Gasteiger partial charge >= 0.3 is 0 Å². The van der Waals surface area contributed by atoms with E-state index in [2.05, 4.69) is 17.1 Å². The first kappa shape index (κ1) is 16.7. The topological polar surface area (TPSA) is 59.2 Å². The molecule has 1 aliphatic carbocycles. The first-order valence-electron chi connectivity index (χ1n) is 8.62. The zero-order valence-electron chi connectivity index (χ0n) is 14.2. The Kier molecular flexibility index (Phi) is 5.26. The van der Waals surface area contributed by atoms with Gasteiger partial charge in [0.05, 0.1) is 12.2 Å². The molecule has 24 heavy (non-hydrogen) atoms. The number of hydrogen-bond donors (Lipinski definition) is 1. The molecule has 0 aliphatic heterocycles. The second kappa shape index (κ2) is 7.58. The maximum absolute atomic E-state index is 13.1. The molecular weight excluding hydrogens is 298 g/mol. The SMILES string of the molecule is Cc1cccnc1CN(Cc1ccccc1)C(=O)[C@@H]1CC[C@H](N)C1. The van der Waals surface area contributed by atoms with E-state index in [1.165, 1.54) is 0 Å². The summed E-state index contributed by atoms with van der Waals surface area (Å²) in [4.78, 5) is 19.5. The number of rotatable bonds is 5. The number of amides is 1. The summed E-state index contributed by atoms with van der Waals surface area (Å²) in [6, 6.07) is 14.3. The van der Waals surface area contributed by atoms with Crippen LogP contribution < -0.4 is 5.73 Å². The fourth-order valence-electron chi connectivity index (χ4n) is 3.38. The quantitative estimate of drug-likeness (QED) is 0.920. The number of benzene rings is 1. The van der Waals surface area contributed by atoms with Gasteiger partial charge in [0.25, 0.3) is 0 Å². The van der Waals surface area contributed by atoms with Crippen LogP contribution in [0, 0.1) is 12.8 Å². The van der Waals surface area contributed by atoms with Crippen molar-refractivity contribution in [3.05, 3.63) is 65.5 Å². The molecule has 1 fully saturated rings. The molecular formula is C20H25N3O. The molecule has 1 aromatic heterocycles. The van der Waals surface area contributed by atoms with Crippen molar-refractivity contribution < 1.29 is 4.79 Å². The highest BCUT2D eigenvalue weighted by Crippen LogP contribution is 2.27. The van der Waals surface area contributed by atoms with Crippen molar-refractivity contribution in [2.45, 2.75) is 45.3 Å². The molecule has 2 atom stereocenters. The summed E-state index contributed by atoms with van der Waals surface area (Å²) in [6.45, 7) is 3.20. The Labute approximate surface area is 143 Å². The summed E-state index contributed by atoms with van der Waals surface area (Å²) in [5.41, 5.74) is 9.23. The molecule has 1 aromatic carbocycles. The third kappa shape index (κ3) is 4.01. The molecule has 1 amide bonds. The lowest BCUT2D eigenvalue weighted by Gasteiger charge is -2.26. The van der Waals surface area contributed by atoms with E-state index in [1.807, 2.05) is 42.2 Å². The van der Waals surface area contributed by atoms with Gasteiger partial charge in [0, 0.05) is 24.7 Å². The van der Waals surface area contributed by atoms with Crippen LogP contribution in [0.3, 0.4) is 0 Å². The monoisotopic (exact) mass is 323 g/mol. The molecule has 0 radical (unpaired) electrons. The lowest BCUT2D eigenvalue weighted by atomic mass is 10.0. The number of aryl methyl sites for hydroxylation is 1. The number of nitrogens with two attached hydrogens (primary N) is 1. The summed E-state index contributed by atoms with van der Waals surface area (Å²) >= 11 is 0. The first-order valence-corrected chi connectivity index (χ1v) is 8.62. The molecule has 2 N–H and O–H groups in total. The zero-order valence-corrected chi connectivity index (χ0v) is 14.2. The van der Waals surface area contributed by atoms with Gasteiger partial charge in [-0.2, -0.15) is 0 Å². The van der Waals surface area contributed by atoms with Crippen molar-refractivity contribution in [2.75, 3.05) is 0 Å². The Hall–Kier alpha value is -2.20. The van der Waals surface area contributed by atoms with Crippen molar-refractivity contribution in [1.82, 2.24) is 9.88 Å². The van der Waals surface area contributed by atoms with E-state index >= 15 is 0 Å². The van der Waals surface area contributed by atoms with Crippen LogP contribution >= 0.6 is 0 Å². The molecule has 0 spiro atoms. The molecule has 126 valence electrons. The van der Waals surface area contributed by atoms with E-state index in [-0.39, 0.29) is 17.9 Å². The van der Waals surface area contributed by atoms with E-state index in [0.29, 0.717) is 13.1 Å². The highest BCUT2D eigenvalue weighted by molar-refractivity contribution is 5.79. The minimum atomic E-state index is 0.0488. The van der Waals surface area contributed by atoms with E-state index < -0.39 is 0 Å². The number of nitrogens with zero attached hydrogens (tertiary/aromatic N) is 2. The van der Waals surface area contributed by atoms with Crippen LogP contribution in [0.4, 0.5) is 0 Å². The lowest BCUT2D eigenvalue weighted by Crippen LogP contribution is -2.35. The molecule has 1 heterocycles. The first-order chi connectivity index (χ1) is 11.6. The van der Waals surface area contributed by atoms with Gasteiger partial charge in [-0.25, -0.2) is 0 Å². The van der Waals surface area contributed by atoms with E-state index in [0.717, 1.165) is 36.1 Å². The van der Waals surface area contributed by atoms with Crippen LogP contribution in [-0.4, -0.2) is 21.8 Å². The number of hydrogen-bond acceptors (Lipinski definition) is 3. The fourth-order valence-corrected chi connectivity index (χ4v) is 3.38. The second-order valence-corrected chi connectivity index (χ2v) is 6.72. The maximum Gasteiger partial charge on any atom is 0.226 e. The average Bonchev–Trinajstić information content (AvgIpc) is 3.03. The number of carbonyl (C=O) groups is 1. The van der Waals surface area contributed by atoms with Crippen LogP contribution in [0.1, 0.15) is 36.1 Å². The smallest absolute Gasteiger partial charge is 0.226 e. The van der Waals surface area contributed by atoms with Crippen LogP contribution in [-0.2, 0) is 17.9 Å². The van der Waals surface area contributed by atoms with E-state index in [9.17, 15) is 4.79 Å². The number of carbonyl (C=O) groups excluding carboxylic acids is 1. The molecule has 4 nitrogen and oxygen atoms in total. The summed E-state index contributed by atoms with van der Waals surface area (Å²) < 4.78 is 0. The highest BCUT2D eigenvalue weighted by Gasteiger charge is 2.31. The number of aromatic nitrogens is 1. The Morgan fingerprint density at radius 3 is 2.62 bits per heavy atom. The molecule has 0 unspecified atom stereocenters. The molecule has 2 aromatic rings. The van der Waals surface area contributed by atoms with E-state index in [4.69, 9.17) is 5.73 Å². The van der Waals surface area contributed by atoms with Gasteiger partial charge in [-0.15, -0.1) is 0 Å². The van der Waals surface area contributed by atoms with Crippen LogP contribution in [0.5, 0.6) is 0 Å². The van der Waals surface area contributed by atoms with Crippen LogP contribution in [0.15, 0.2) is 48.7 Å². The fraction of sp³-hybridized carbons (Fsp3) is 0.400. The predicted octanol–water partition coefficient (Wildman–Crippen LogP) is 3.05. The van der Waals surface area contributed by atoms with E-state index in [1.54, 1.807) is 6.20 Å². The summed E-state index contributed by atoms with van der Waals surface area (Å²) in [6.07, 6.45) is 4.43. The van der Waals surface area contributed by atoms with Gasteiger partial charge in [0.1, 0.15) is 0 Å². The van der Waals surface area contributed by atoms with Gasteiger partial charge in [0.2, 0.25) is 5.91 Å². The molecule has 3 rings (SSSR count). The summed E-state index contributed by atoms with van der Waals surface area (Å²) in [7, 11) is 0. The molecule has 0 bridgehead atoms. The van der Waals surface area contributed by atoms with Gasteiger partial charge < -0.3 is 10.6 Å². The minimum absolute atomic E-state index is 0.0488. The van der Waals surface area contributed by atoms with Gasteiger partial charge in [0.15, 0.2) is 0 Å². The Morgan fingerprint density at radius 1 is 1.17 bits per heavy atom. The average molecular weight is 323 g/mol. The third-order valence-corrected chi connectivity index (χ3v) is 4.81. The summed E-state index contributed by atoms with van der Waals surface area (Å²) in [5.74, 6) is 0.254. The molecule has 4 heteroatoms. The summed E-state index contributed by atoms with van der Waals surface area (Å²) in [5, 5.41) is 0. The van der Waals surface area contributed by atoms with Crippen molar-refractivity contribution in [3.63, 3.8) is 0 Å². The van der Waals surface area contributed by atoms with Gasteiger partial charge in [-0.05, 0) is 43.4 Å². The van der Waals surface area contributed by atoms with Crippen molar-refractivity contribution in [2.24, 2.45) is 11.7 Å². The number of pyridine rings is 1. The van der Waals surface area contributed by atoms with Gasteiger partial charge in [-0.1, -0.05) is 36.4 Å². The van der Waals surface area contributed by atoms with Gasteiger partial charge in [-0.3, -0.25) is 9.78 Å². The second-order valence-electron chi connectivity index (χ2n) is 6.72. The molecule has 1 aliphatic rings. The van der Waals surface area contributed by atoms with Crippen LogP contribution in [0.25, 0.3) is 0 Å². The third-order valence-electron chi connectivity index (χ3n) is 4.81. The zero-order chi connectivity index (χ0) is 16.9. The molecule has 0 saturated heterocycles. The Balaban J connectivity index is 1.80. The van der Waals surface area contributed by atoms with Crippen molar-refractivity contribution in [3.8, 4) is 0 Å². The maximum atomic E-state index is 13.1. The minimum Gasteiger partial charge on any atom is -0.332 e. The van der Waals surface area contributed by atoms with Crippen molar-refractivity contribution >= 4 is 5.91 Å². The highest BCUT2D eigenvalue weighted by atomic mass is 16.2. The normalized spacial score (nSPS) is 20.1. The van der Waals surface area contributed by atoms with Crippen LogP contribution in [0.2, 0.25) is 0 Å². The lowest BCUT2D eigenvalue weighted by molar-refractivity contribution is -0.136. The predicted molar refractivity (Wildman–Crippen MR) is 95.0 cm³/mol. The largest absolute Gasteiger partial charge is 0.332 e. The molecule has 1 saturated carbocycles. The van der Waals surface area contributed by atoms with Crippen molar-refractivity contribution in [1.29, 1.82) is 0 Å².